The molecule has 3 nitrogen and oxygen atoms in total. The minimum Gasteiger partial charge on any atom is -0.302 e. The topological polar surface area (TPSA) is 42.0 Å². The van der Waals surface area contributed by atoms with Crippen LogP contribution in [-0.4, -0.2) is 10.9 Å². The van der Waals surface area contributed by atoms with Gasteiger partial charge in [0.25, 0.3) is 0 Å². The number of hydrogen-bond donors (Lipinski definition) is 1. The van der Waals surface area contributed by atoms with Crippen molar-refractivity contribution in [2.24, 2.45) is 5.92 Å². The van der Waals surface area contributed by atoms with Gasteiger partial charge in [0.05, 0.1) is 10.2 Å². The van der Waals surface area contributed by atoms with Gasteiger partial charge in [-0.25, -0.2) is 4.98 Å². The van der Waals surface area contributed by atoms with Crippen molar-refractivity contribution in [2.45, 2.75) is 12.8 Å². The van der Waals surface area contributed by atoms with Gasteiger partial charge < -0.3 is 5.32 Å². The maximum absolute atomic E-state index is 11.5. The van der Waals surface area contributed by atoms with Gasteiger partial charge in [0.2, 0.25) is 5.91 Å². The minimum absolute atomic E-state index is 0.0881. The average Bonchev–Trinajstić information content (AvgIpc) is 3.00. The first-order valence-corrected chi connectivity index (χ1v) is 6.29. The van der Waals surface area contributed by atoms with Crippen LogP contribution in [0.2, 0.25) is 5.02 Å². The first-order valence-electron chi connectivity index (χ1n) is 5.09. The van der Waals surface area contributed by atoms with E-state index in [9.17, 15) is 4.79 Å². The molecule has 1 saturated carbocycles. The molecule has 1 fully saturated rings. The summed E-state index contributed by atoms with van der Waals surface area (Å²) in [6, 6.07) is 5.55. The number of amides is 1. The molecule has 0 spiro atoms. The van der Waals surface area contributed by atoms with Crippen LogP contribution in [0.15, 0.2) is 18.2 Å². The Labute approximate surface area is 101 Å². The lowest BCUT2D eigenvalue weighted by Gasteiger charge is -1.96. The molecule has 0 aliphatic heterocycles. The number of aromatic nitrogens is 1. The summed E-state index contributed by atoms with van der Waals surface area (Å²) in [6.45, 7) is 0. The second kappa shape index (κ2) is 3.71. The SMILES string of the molecule is O=C(Nc1nc2cc(Cl)ccc2s1)C1CC1. The highest BCUT2D eigenvalue weighted by Gasteiger charge is 2.30. The van der Waals surface area contributed by atoms with Crippen LogP contribution < -0.4 is 5.32 Å². The molecule has 1 heterocycles. The van der Waals surface area contributed by atoms with Gasteiger partial charge in [0.15, 0.2) is 5.13 Å². The van der Waals surface area contributed by atoms with Gasteiger partial charge in [-0.15, -0.1) is 0 Å². The van der Waals surface area contributed by atoms with Crippen molar-refractivity contribution in [3.05, 3.63) is 23.2 Å². The number of rotatable bonds is 2. The molecule has 0 radical (unpaired) electrons. The van der Waals surface area contributed by atoms with E-state index in [0.29, 0.717) is 10.2 Å². The zero-order chi connectivity index (χ0) is 11.1. The maximum Gasteiger partial charge on any atom is 0.229 e. The fourth-order valence-corrected chi connectivity index (χ4v) is 2.52. The number of benzene rings is 1. The number of nitrogens with one attached hydrogen (secondary N) is 1. The highest BCUT2D eigenvalue weighted by Crippen LogP contribution is 2.32. The highest BCUT2D eigenvalue weighted by atomic mass is 35.5. The van der Waals surface area contributed by atoms with E-state index in [4.69, 9.17) is 11.6 Å². The second-order valence-corrected chi connectivity index (χ2v) is 5.36. The maximum atomic E-state index is 11.5. The summed E-state index contributed by atoms with van der Waals surface area (Å²) in [4.78, 5) is 15.9. The van der Waals surface area contributed by atoms with E-state index in [1.54, 1.807) is 6.07 Å². The van der Waals surface area contributed by atoms with Crippen LogP contribution in [0.25, 0.3) is 10.2 Å². The lowest BCUT2D eigenvalue weighted by atomic mass is 10.3. The molecule has 1 aliphatic rings. The summed E-state index contributed by atoms with van der Waals surface area (Å²) in [6.07, 6.45) is 2.01. The standard InChI is InChI=1S/C11H9ClN2OS/c12-7-3-4-9-8(5-7)13-11(16-9)14-10(15)6-1-2-6/h3-6H,1-2H2,(H,13,14,15). The quantitative estimate of drug-likeness (QED) is 0.891. The molecule has 1 N–H and O–H groups in total. The molecular formula is C11H9ClN2OS. The van der Waals surface area contributed by atoms with Crippen LogP contribution in [0.5, 0.6) is 0 Å². The van der Waals surface area contributed by atoms with Gasteiger partial charge in [0.1, 0.15) is 0 Å². The normalized spacial score (nSPS) is 15.3. The number of nitrogens with zero attached hydrogens (tertiary/aromatic N) is 1. The van der Waals surface area contributed by atoms with Crippen molar-refractivity contribution in [3.63, 3.8) is 0 Å². The first-order chi connectivity index (χ1) is 7.72. The van der Waals surface area contributed by atoms with Gasteiger partial charge in [-0.1, -0.05) is 22.9 Å². The predicted octanol–water partition coefficient (Wildman–Crippen LogP) is 3.30. The zero-order valence-corrected chi connectivity index (χ0v) is 9.94. The van der Waals surface area contributed by atoms with Gasteiger partial charge >= 0.3 is 0 Å². The third-order valence-electron chi connectivity index (χ3n) is 2.53. The van der Waals surface area contributed by atoms with E-state index < -0.39 is 0 Å². The van der Waals surface area contributed by atoms with Gasteiger partial charge in [-0.05, 0) is 31.0 Å². The van der Waals surface area contributed by atoms with Crippen LogP contribution in [0.1, 0.15) is 12.8 Å². The smallest absolute Gasteiger partial charge is 0.229 e. The molecule has 1 aromatic carbocycles. The molecular weight excluding hydrogens is 244 g/mol. The van der Waals surface area contributed by atoms with Crippen molar-refractivity contribution in [3.8, 4) is 0 Å². The monoisotopic (exact) mass is 252 g/mol. The molecule has 0 saturated heterocycles. The lowest BCUT2D eigenvalue weighted by Crippen LogP contribution is -2.12. The molecule has 3 rings (SSSR count). The van der Waals surface area contributed by atoms with Crippen LogP contribution in [0.3, 0.4) is 0 Å². The number of thiazole rings is 1. The lowest BCUT2D eigenvalue weighted by molar-refractivity contribution is -0.117. The largest absolute Gasteiger partial charge is 0.302 e. The number of carbonyl (C=O) groups is 1. The Kier molecular flexibility index (Phi) is 2.33. The first kappa shape index (κ1) is 10.1. The van der Waals surface area contributed by atoms with E-state index in [-0.39, 0.29) is 11.8 Å². The molecule has 0 atom stereocenters. The molecule has 1 aliphatic carbocycles. The van der Waals surface area contributed by atoms with Crippen molar-refractivity contribution in [1.82, 2.24) is 4.98 Å². The summed E-state index contributed by atoms with van der Waals surface area (Å²) in [7, 11) is 0. The van der Waals surface area contributed by atoms with E-state index >= 15 is 0 Å². The molecule has 0 unspecified atom stereocenters. The van der Waals surface area contributed by atoms with E-state index in [1.165, 1.54) is 11.3 Å². The predicted molar refractivity (Wildman–Crippen MR) is 66.0 cm³/mol. The Hall–Kier alpha value is -1.13. The number of fused-ring (bicyclic) bond motifs is 1. The molecule has 2 aromatic rings. The Morgan fingerprint density at radius 2 is 2.31 bits per heavy atom. The van der Waals surface area contributed by atoms with Crippen molar-refractivity contribution >= 4 is 44.2 Å². The second-order valence-electron chi connectivity index (χ2n) is 3.89. The molecule has 1 amide bonds. The van der Waals surface area contributed by atoms with Gasteiger partial charge in [0, 0.05) is 10.9 Å². The third kappa shape index (κ3) is 1.90. The Morgan fingerprint density at radius 1 is 1.50 bits per heavy atom. The summed E-state index contributed by atoms with van der Waals surface area (Å²) in [5.41, 5.74) is 0.837. The summed E-state index contributed by atoms with van der Waals surface area (Å²) >= 11 is 7.35. The van der Waals surface area contributed by atoms with E-state index in [1.807, 2.05) is 12.1 Å². The van der Waals surface area contributed by atoms with Crippen molar-refractivity contribution in [1.29, 1.82) is 0 Å². The van der Waals surface area contributed by atoms with Crippen molar-refractivity contribution < 1.29 is 4.79 Å². The van der Waals surface area contributed by atoms with Crippen LogP contribution >= 0.6 is 22.9 Å². The number of hydrogen-bond acceptors (Lipinski definition) is 3. The molecule has 82 valence electrons. The van der Waals surface area contributed by atoms with Gasteiger partial charge in [-0.3, -0.25) is 4.79 Å². The zero-order valence-electron chi connectivity index (χ0n) is 8.37. The summed E-state index contributed by atoms with van der Waals surface area (Å²) < 4.78 is 1.04. The summed E-state index contributed by atoms with van der Waals surface area (Å²) in [5.74, 6) is 0.292. The fraction of sp³-hybridized carbons (Fsp3) is 0.273. The van der Waals surface area contributed by atoms with Crippen LogP contribution in [0.4, 0.5) is 5.13 Å². The number of halogens is 1. The highest BCUT2D eigenvalue weighted by molar-refractivity contribution is 7.22. The Morgan fingerprint density at radius 3 is 3.06 bits per heavy atom. The van der Waals surface area contributed by atoms with Crippen LogP contribution in [-0.2, 0) is 4.79 Å². The Bertz CT molecular complexity index is 562. The molecule has 1 aromatic heterocycles. The van der Waals surface area contributed by atoms with Crippen molar-refractivity contribution in [2.75, 3.05) is 5.32 Å². The fourth-order valence-electron chi connectivity index (χ4n) is 1.51. The van der Waals surface area contributed by atoms with E-state index in [0.717, 1.165) is 23.1 Å². The Balaban J connectivity index is 1.89. The molecule has 5 heteroatoms. The minimum atomic E-state index is 0.0881. The molecule has 0 bridgehead atoms. The number of anilines is 1. The third-order valence-corrected chi connectivity index (χ3v) is 3.71. The average molecular weight is 253 g/mol. The van der Waals surface area contributed by atoms with E-state index in [2.05, 4.69) is 10.3 Å². The molecule has 16 heavy (non-hydrogen) atoms. The summed E-state index contributed by atoms with van der Waals surface area (Å²) in [5, 5.41) is 4.16. The van der Waals surface area contributed by atoms with Gasteiger partial charge in [-0.2, -0.15) is 0 Å². The number of carbonyl (C=O) groups excluding carboxylic acids is 1. The van der Waals surface area contributed by atoms with Crippen LogP contribution in [0, 0.1) is 5.92 Å².